The molecule has 1 saturated heterocycles. The van der Waals surface area contributed by atoms with Gasteiger partial charge in [-0.05, 0) is 49.2 Å². The Kier molecular flexibility index (Phi) is 6.51. The van der Waals surface area contributed by atoms with E-state index in [1.165, 1.54) is 10.4 Å². The number of thiazole rings is 1. The van der Waals surface area contributed by atoms with Crippen LogP contribution in [0.3, 0.4) is 0 Å². The molecule has 0 radical (unpaired) electrons. The fourth-order valence-corrected chi connectivity index (χ4v) is 5.61. The maximum atomic E-state index is 12.9. The molecule has 5 nitrogen and oxygen atoms in total. The molecule has 0 bridgehead atoms. The van der Waals surface area contributed by atoms with Gasteiger partial charge >= 0.3 is 0 Å². The van der Waals surface area contributed by atoms with Gasteiger partial charge in [0.25, 0.3) is 5.91 Å². The standard InChI is InChI=1S/C23H27N3O2S2/c1-4-20-16(2)13-21(30-20)23(27)26-11-9-25(10-12-26)14-18-15-29-22(24-18)17-5-7-19(28-3)8-6-17/h5-8,13,15H,4,9-12,14H2,1-3H3. The van der Waals surface area contributed by atoms with Crippen molar-refractivity contribution in [3.63, 3.8) is 0 Å². The lowest BCUT2D eigenvalue weighted by Crippen LogP contribution is -2.48. The van der Waals surface area contributed by atoms with Crippen LogP contribution >= 0.6 is 22.7 Å². The molecule has 0 unspecified atom stereocenters. The van der Waals surface area contributed by atoms with E-state index in [4.69, 9.17) is 9.72 Å². The van der Waals surface area contributed by atoms with Crippen molar-refractivity contribution in [2.24, 2.45) is 0 Å². The van der Waals surface area contributed by atoms with Crippen molar-refractivity contribution in [1.82, 2.24) is 14.8 Å². The molecule has 7 heteroatoms. The second-order valence-electron chi connectivity index (χ2n) is 7.51. The van der Waals surface area contributed by atoms with Gasteiger partial charge < -0.3 is 9.64 Å². The second-order valence-corrected chi connectivity index (χ2v) is 9.51. The zero-order chi connectivity index (χ0) is 21.1. The van der Waals surface area contributed by atoms with E-state index in [2.05, 4.69) is 24.1 Å². The molecule has 0 N–H and O–H groups in total. The SMILES string of the molecule is CCc1sc(C(=O)N2CCN(Cc3csc(-c4ccc(OC)cc4)n3)CC2)cc1C. The van der Waals surface area contributed by atoms with Gasteiger partial charge in [0.1, 0.15) is 10.8 Å². The first-order valence-corrected chi connectivity index (χ1v) is 12.0. The Hall–Kier alpha value is -2.22. The fraction of sp³-hybridized carbons (Fsp3) is 0.391. The molecule has 1 amide bonds. The van der Waals surface area contributed by atoms with E-state index in [1.54, 1.807) is 29.8 Å². The molecule has 0 saturated carbocycles. The number of carbonyl (C=O) groups excluding carboxylic acids is 1. The predicted molar refractivity (Wildman–Crippen MR) is 124 cm³/mol. The van der Waals surface area contributed by atoms with Crippen molar-refractivity contribution in [2.75, 3.05) is 33.3 Å². The van der Waals surface area contributed by atoms with Crippen LogP contribution in [0.15, 0.2) is 35.7 Å². The smallest absolute Gasteiger partial charge is 0.264 e. The van der Waals surface area contributed by atoms with E-state index in [-0.39, 0.29) is 5.91 Å². The number of hydrogen-bond acceptors (Lipinski definition) is 6. The van der Waals surface area contributed by atoms with Crippen LogP contribution in [0.1, 0.15) is 32.7 Å². The van der Waals surface area contributed by atoms with Crippen molar-refractivity contribution < 1.29 is 9.53 Å². The van der Waals surface area contributed by atoms with Crippen LogP contribution < -0.4 is 4.74 Å². The van der Waals surface area contributed by atoms with Crippen molar-refractivity contribution in [3.05, 3.63) is 56.7 Å². The Morgan fingerprint density at radius 1 is 1.17 bits per heavy atom. The number of aryl methyl sites for hydroxylation is 2. The number of piperazine rings is 1. The van der Waals surface area contributed by atoms with Crippen LogP contribution in [-0.2, 0) is 13.0 Å². The lowest BCUT2D eigenvalue weighted by atomic mass is 10.2. The van der Waals surface area contributed by atoms with Crippen molar-refractivity contribution in [2.45, 2.75) is 26.8 Å². The molecule has 1 aliphatic rings. The minimum atomic E-state index is 0.179. The quantitative estimate of drug-likeness (QED) is 0.556. The number of methoxy groups -OCH3 is 1. The lowest BCUT2D eigenvalue weighted by molar-refractivity contribution is 0.0632. The molecule has 1 fully saturated rings. The zero-order valence-corrected chi connectivity index (χ0v) is 19.3. The van der Waals surface area contributed by atoms with Gasteiger partial charge in [-0.1, -0.05) is 6.92 Å². The molecule has 158 valence electrons. The molecule has 30 heavy (non-hydrogen) atoms. The maximum absolute atomic E-state index is 12.9. The summed E-state index contributed by atoms with van der Waals surface area (Å²) in [6.45, 7) is 8.37. The van der Waals surface area contributed by atoms with Crippen molar-refractivity contribution >= 4 is 28.6 Å². The third-order valence-electron chi connectivity index (χ3n) is 5.49. The lowest BCUT2D eigenvalue weighted by Gasteiger charge is -2.34. The molecular weight excluding hydrogens is 414 g/mol. The van der Waals surface area contributed by atoms with Gasteiger partial charge in [0, 0.05) is 48.5 Å². The third-order valence-corrected chi connectivity index (χ3v) is 7.80. The van der Waals surface area contributed by atoms with Crippen LogP contribution in [0, 0.1) is 6.92 Å². The molecule has 0 atom stereocenters. The third kappa shape index (κ3) is 4.58. The molecule has 2 aromatic heterocycles. The summed E-state index contributed by atoms with van der Waals surface area (Å²) in [6, 6.07) is 10.1. The number of thiophene rings is 1. The van der Waals surface area contributed by atoms with E-state index in [0.29, 0.717) is 0 Å². The minimum absolute atomic E-state index is 0.179. The Balaban J connectivity index is 1.32. The van der Waals surface area contributed by atoms with E-state index in [0.717, 1.165) is 66.0 Å². The van der Waals surface area contributed by atoms with Crippen molar-refractivity contribution in [1.29, 1.82) is 0 Å². The number of benzene rings is 1. The Labute approximate surface area is 185 Å². The van der Waals surface area contributed by atoms with Gasteiger partial charge in [-0.25, -0.2) is 4.98 Å². The highest BCUT2D eigenvalue weighted by Crippen LogP contribution is 2.27. The monoisotopic (exact) mass is 441 g/mol. The highest BCUT2D eigenvalue weighted by molar-refractivity contribution is 7.14. The van der Waals surface area contributed by atoms with Crippen LogP contribution in [0.4, 0.5) is 0 Å². The molecule has 4 rings (SSSR count). The van der Waals surface area contributed by atoms with Crippen LogP contribution in [0.5, 0.6) is 5.75 Å². The molecule has 3 aromatic rings. The first kappa shape index (κ1) is 21.0. The summed E-state index contributed by atoms with van der Waals surface area (Å²) in [6.07, 6.45) is 0.990. The summed E-state index contributed by atoms with van der Waals surface area (Å²) < 4.78 is 5.23. The van der Waals surface area contributed by atoms with E-state index < -0.39 is 0 Å². The first-order chi connectivity index (χ1) is 14.6. The summed E-state index contributed by atoms with van der Waals surface area (Å²) in [5.41, 5.74) is 3.44. The Bertz CT molecular complexity index is 1000. The molecule has 3 heterocycles. The minimum Gasteiger partial charge on any atom is -0.497 e. The maximum Gasteiger partial charge on any atom is 0.264 e. The van der Waals surface area contributed by atoms with E-state index in [1.807, 2.05) is 35.2 Å². The number of rotatable bonds is 6. The number of ether oxygens (including phenoxy) is 1. The van der Waals surface area contributed by atoms with Gasteiger partial charge in [0.2, 0.25) is 0 Å². The molecular formula is C23H27N3O2S2. The summed E-state index contributed by atoms with van der Waals surface area (Å²) in [7, 11) is 1.67. The zero-order valence-electron chi connectivity index (χ0n) is 17.7. The van der Waals surface area contributed by atoms with Crippen molar-refractivity contribution in [3.8, 4) is 16.3 Å². The number of carbonyl (C=O) groups is 1. The highest BCUT2D eigenvalue weighted by Gasteiger charge is 2.24. The van der Waals surface area contributed by atoms with Gasteiger partial charge in [-0.3, -0.25) is 9.69 Å². The average molecular weight is 442 g/mol. The number of nitrogens with zero attached hydrogens (tertiary/aromatic N) is 3. The molecule has 0 aliphatic carbocycles. The predicted octanol–water partition coefficient (Wildman–Crippen LogP) is 4.71. The topological polar surface area (TPSA) is 45.7 Å². The normalized spacial score (nSPS) is 14.8. The van der Waals surface area contributed by atoms with Crippen LogP contribution in [-0.4, -0.2) is 54.0 Å². The molecule has 1 aromatic carbocycles. The highest BCUT2D eigenvalue weighted by atomic mass is 32.1. The number of aromatic nitrogens is 1. The summed E-state index contributed by atoms with van der Waals surface area (Å²) in [5, 5.41) is 3.17. The number of hydrogen-bond donors (Lipinski definition) is 0. The Morgan fingerprint density at radius 2 is 1.90 bits per heavy atom. The number of amides is 1. The summed E-state index contributed by atoms with van der Waals surface area (Å²) >= 11 is 3.32. The summed E-state index contributed by atoms with van der Waals surface area (Å²) in [5.74, 6) is 1.03. The average Bonchev–Trinajstić information content (AvgIpc) is 3.40. The molecule has 1 aliphatic heterocycles. The van der Waals surface area contributed by atoms with Gasteiger partial charge in [-0.15, -0.1) is 22.7 Å². The van der Waals surface area contributed by atoms with E-state index >= 15 is 0 Å². The first-order valence-electron chi connectivity index (χ1n) is 10.3. The largest absolute Gasteiger partial charge is 0.497 e. The van der Waals surface area contributed by atoms with Crippen LogP contribution in [0.2, 0.25) is 0 Å². The molecule has 0 spiro atoms. The Morgan fingerprint density at radius 3 is 2.53 bits per heavy atom. The van der Waals surface area contributed by atoms with Crippen LogP contribution in [0.25, 0.3) is 10.6 Å². The van der Waals surface area contributed by atoms with Gasteiger partial charge in [-0.2, -0.15) is 0 Å². The fourth-order valence-electron chi connectivity index (χ4n) is 3.72. The summed E-state index contributed by atoms with van der Waals surface area (Å²) in [4.78, 5) is 24.2. The van der Waals surface area contributed by atoms with E-state index in [9.17, 15) is 4.79 Å². The van der Waals surface area contributed by atoms with Gasteiger partial charge in [0.15, 0.2) is 0 Å². The second kappa shape index (κ2) is 9.29. The van der Waals surface area contributed by atoms with Gasteiger partial charge in [0.05, 0.1) is 17.7 Å².